The van der Waals surface area contributed by atoms with Gasteiger partial charge in [0.05, 0.1) is 33.9 Å². The Kier molecular flexibility index (Phi) is 5.87. The fourth-order valence-corrected chi connectivity index (χ4v) is 6.02. The molecular formula is C22H15Cl2F2NO4S. The zero-order chi connectivity index (χ0) is 23.2. The minimum atomic E-state index is -4.22. The van der Waals surface area contributed by atoms with E-state index in [1.807, 2.05) is 0 Å². The van der Waals surface area contributed by atoms with E-state index in [-0.39, 0.29) is 32.4 Å². The Morgan fingerprint density at radius 2 is 1.75 bits per heavy atom. The third-order valence-electron chi connectivity index (χ3n) is 5.14. The normalized spacial score (nSPS) is 15.2. The minimum absolute atomic E-state index is 0.0192. The van der Waals surface area contributed by atoms with Gasteiger partial charge < -0.3 is 5.11 Å². The molecule has 3 aromatic rings. The Morgan fingerprint density at radius 1 is 1.03 bits per heavy atom. The lowest BCUT2D eigenvalue weighted by Crippen LogP contribution is -2.39. The average Bonchev–Trinajstić information content (AvgIpc) is 2.69. The number of para-hydroxylation sites is 1. The number of nitrogens with zero attached hydrogens (tertiary/aromatic N) is 1. The quantitative estimate of drug-likeness (QED) is 0.482. The van der Waals surface area contributed by atoms with Gasteiger partial charge in [0.1, 0.15) is 11.6 Å². The molecule has 1 atom stereocenters. The largest absolute Gasteiger partial charge is 0.481 e. The number of aliphatic carboxylic acids is 1. The van der Waals surface area contributed by atoms with Crippen LogP contribution in [0, 0.1) is 11.6 Å². The van der Waals surface area contributed by atoms with Crippen molar-refractivity contribution in [3.05, 3.63) is 87.4 Å². The van der Waals surface area contributed by atoms with Crippen molar-refractivity contribution < 1.29 is 27.1 Å². The Hall–Kier alpha value is -2.68. The number of anilines is 1. The fraction of sp³-hybridized carbons (Fsp3) is 0.136. The number of benzene rings is 3. The Labute approximate surface area is 192 Å². The van der Waals surface area contributed by atoms with Crippen LogP contribution in [0.3, 0.4) is 0 Å². The number of carboxylic acids is 1. The molecule has 166 valence electrons. The number of rotatable bonds is 5. The second-order valence-electron chi connectivity index (χ2n) is 7.28. The van der Waals surface area contributed by atoms with Crippen LogP contribution in [0.25, 0.3) is 11.1 Å². The van der Waals surface area contributed by atoms with Crippen molar-refractivity contribution in [3.8, 4) is 11.1 Å². The van der Waals surface area contributed by atoms with Gasteiger partial charge in [-0.2, -0.15) is 0 Å². The van der Waals surface area contributed by atoms with Gasteiger partial charge in [-0.1, -0.05) is 47.5 Å². The van der Waals surface area contributed by atoms with Gasteiger partial charge in [0, 0.05) is 17.2 Å². The monoisotopic (exact) mass is 497 g/mol. The maximum Gasteiger partial charge on any atom is 0.305 e. The SMILES string of the molecule is O=C(O)CC1c2cc(F)cc(F)c2-c2ccccc2N1S(=O)(=O)Cc1ccc(Cl)c(Cl)c1. The molecule has 1 heterocycles. The predicted octanol–water partition coefficient (Wildman–Crippen LogP) is 5.80. The molecule has 0 aliphatic carbocycles. The molecule has 1 aliphatic rings. The number of hydrogen-bond donors (Lipinski definition) is 1. The van der Waals surface area contributed by atoms with E-state index >= 15 is 0 Å². The summed E-state index contributed by atoms with van der Waals surface area (Å²) in [5.74, 6) is -3.68. The van der Waals surface area contributed by atoms with Crippen LogP contribution in [0.2, 0.25) is 10.0 Å². The van der Waals surface area contributed by atoms with E-state index in [2.05, 4.69) is 0 Å². The summed E-state index contributed by atoms with van der Waals surface area (Å²) in [6.07, 6.45) is -0.690. The average molecular weight is 498 g/mol. The second-order valence-corrected chi connectivity index (χ2v) is 9.94. The van der Waals surface area contributed by atoms with Gasteiger partial charge in [0.2, 0.25) is 10.0 Å². The molecule has 1 unspecified atom stereocenters. The van der Waals surface area contributed by atoms with Gasteiger partial charge in [0.15, 0.2) is 0 Å². The van der Waals surface area contributed by atoms with E-state index in [1.165, 1.54) is 30.3 Å². The summed E-state index contributed by atoms with van der Waals surface area (Å²) in [5, 5.41) is 9.89. The van der Waals surface area contributed by atoms with Crippen LogP contribution in [0.4, 0.5) is 14.5 Å². The minimum Gasteiger partial charge on any atom is -0.481 e. The molecular weight excluding hydrogens is 483 g/mol. The van der Waals surface area contributed by atoms with E-state index in [0.717, 1.165) is 10.4 Å². The molecule has 0 amide bonds. The van der Waals surface area contributed by atoms with Crippen molar-refractivity contribution in [2.24, 2.45) is 0 Å². The molecule has 0 spiro atoms. The summed E-state index contributed by atoms with van der Waals surface area (Å²) in [6.45, 7) is 0. The molecule has 1 N–H and O–H groups in total. The van der Waals surface area contributed by atoms with Crippen LogP contribution < -0.4 is 4.31 Å². The number of carboxylic acid groups (broad SMARTS) is 1. The fourth-order valence-electron chi connectivity index (χ4n) is 3.92. The zero-order valence-corrected chi connectivity index (χ0v) is 18.6. The summed E-state index contributed by atoms with van der Waals surface area (Å²) < 4.78 is 56.9. The molecule has 32 heavy (non-hydrogen) atoms. The van der Waals surface area contributed by atoms with Crippen LogP contribution in [-0.4, -0.2) is 19.5 Å². The van der Waals surface area contributed by atoms with Gasteiger partial charge in [-0.25, -0.2) is 17.2 Å². The Morgan fingerprint density at radius 3 is 2.44 bits per heavy atom. The first kappa shape index (κ1) is 22.5. The molecule has 0 saturated carbocycles. The number of fused-ring (bicyclic) bond motifs is 3. The Bertz CT molecular complexity index is 1350. The molecule has 1 aliphatic heterocycles. The van der Waals surface area contributed by atoms with Crippen molar-refractivity contribution in [2.75, 3.05) is 4.31 Å². The maximum atomic E-state index is 14.8. The second kappa shape index (κ2) is 8.35. The summed E-state index contributed by atoms with van der Waals surface area (Å²) in [6, 6.07) is 10.8. The molecule has 0 saturated heterocycles. The number of sulfonamides is 1. The molecule has 0 aromatic heterocycles. The lowest BCUT2D eigenvalue weighted by atomic mass is 9.88. The molecule has 0 radical (unpaired) electrons. The first-order valence-corrected chi connectivity index (χ1v) is 11.7. The van der Waals surface area contributed by atoms with E-state index in [4.69, 9.17) is 23.2 Å². The standard InChI is InChI=1S/C22H15Cl2F2NO4S/c23-16-6-5-12(7-17(16)24)11-32(30,31)27-19-4-2-1-3-14(19)22-15(20(27)10-21(28)29)8-13(25)9-18(22)26/h1-9,20H,10-11H2,(H,28,29). The predicted molar refractivity (Wildman–Crippen MR) is 118 cm³/mol. The van der Waals surface area contributed by atoms with Gasteiger partial charge in [-0.05, 0) is 35.4 Å². The highest BCUT2D eigenvalue weighted by Crippen LogP contribution is 2.49. The summed E-state index contributed by atoms with van der Waals surface area (Å²) in [4.78, 5) is 11.6. The Balaban J connectivity index is 1.92. The third-order valence-corrected chi connectivity index (χ3v) is 7.63. The van der Waals surface area contributed by atoms with Gasteiger partial charge >= 0.3 is 5.97 Å². The van der Waals surface area contributed by atoms with Crippen molar-refractivity contribution in [1.82, 2.24) is 0 Å². The van der Waals surface area contributed by atoms with Crippen molar-refractivity contribution >= 4 is 44.9 Å². The first-order valence-electron chi connectivity index (χ1n) is 9.34. The number of carbonyl (C=O) groups is 1. The van der Waals surface area contributed by atoms with Crippen LogP contribution >= 0.6 is 23.2 Å². The highest BCUT2D eigenvalue weighted by Gasteiger charge is 2.40. The number of hydrogen-bond acceptors (Lipinski definition) is 3. The van der Waals surface area contributed by atoms with E-state index < -0.39 is 45.8 Å². The van der Waals surface area contributed by atoms with E-state index in [0.29, 0.717) is 11.6 Å². The summed E-state index contributed by atoms with van der Waals surface area (Å²) in [7, 11) is -4.22. The topological polar surface area (TPSA) is 74.7 Å². The molecule has 5 nitrogen and oxygen atoms in total. The number of halogens is 4. The van der Waals surface area contributed by atoms with Crippen LogP contribution in [0.15, 0.2) is 54.6 Å². The van der Waals surface area contributed by atoms with Crippen LogP contribution in [0.5, 0.6) is 0 Å². The smallest absolute Gasteiger partial charge is 0.305 e. The van der Waals surface area contributed by atoms with Crippen molar-refractivity contribution in [1.29, 1.82) is 0 Å². The van der Waals surface area contributed by atoms with Gasteiger partial charge in [-0.3, -0.25) is 9.10 Å². The maximum absolute atomic E-state index is 14.8. The molecule has 0 bridgehead atoms. The molecule has 0 fully saturated rings. The highest BCUT2D eigenvalue weighted by molar-refractivity contribution is 7.92. The van der Waals surface area contributed by atoms with Crippen LogP contribution in [-0.2, 0) is 20.6 Å². The molecule has 4 rings (SSSR count). The lowest BCUT2D eigenvalue weighted by molar-refractivity contribution is -0.137. The zero-order valence-electron chi connectivity index (χ0n) is 16.2. The van der Waals surface area contributed by atoms with E-state index in [1.54, 1.807) is 12.1 Å². The van der Waals surface area contributed by atoms with Crippen LogP contribution in [0.1, 0.15) is 23.6 Å². The van der Waals surface area contributed by atoms with E-state index in [9.17, 15) is 27.1 Å². The molecule has 10 heteroatoms. The molecule has 3 aromatic carbocycles. The van der Waals surface area contributed by atoms with Gasteiger partial charge in [0.25, 0.3) is 0 Å². The first-order chi connectivity index (χ1) is 15.1. The lowest BCUT2D eigenvalue weighted by Gasteiger charge is -2.38. The van der Waals surface area contributed by atoms with Crippen molar-refractivity contribution in [3.63, 3.8) is 0 Å². The third kappa shape index (κ3) is 4.05. The summed E-state index contributed by atoms with van der Waals surface area (Å²) >= 11 is 11.9. The van der Waals surface area contributed by atoms with Crippen molar-refractivity contribution in [2.45, 2.75) is 18.2 Å². The highest BCUT2D eigenvalue weighted by atomic mass is 35.5. The van der Waals surface area contributed by atoms with Gasteiger partial charge in [-0.15, -0.1) is 0 Å². The summed E-state index contributed by atoms with van der Waals surface area (Å²) in [5.41, 5.74) is 0.578.